The number of hydrogen-bond acceptors (Lipinski definition) is 3. The van der Waals surface area contributed by atoms with Crippen molar-refractivity contribution in [2.75, 3.05) is 6.26 Å². The van der Waals surface area contributed by atoms with E-state index in [-0.39, 0.29) is 0 Å². The van der Waals surface area contributed by atoms with Gasteiger partial charge in [0.1, 0.15) is 11.4 Å². The van der Waals surface area contributed by atoms with Crippen molar-refractivity contribution in [2.24, 2.45) is 0 Å². The first-order valence-electron chi connectivity index (χ1n) is 5.51. The summed E-state index contributed by atoms with van der Waals surface area (Å²) in [5, 5.41) is 9.70. The summed E-state index contributed by atoms with van der Waals surface area (Å²) in [6.45, 7) is 0. The molecule has 0 heterocycles. The Hall–Kier alpha value is -0.940. The maximum absolute atomic E-state index is 13.2. The average molecular weight is 258 g/mol. The summed E-state index contributed by atoms with van der Waals surface area (Å²) in [6, 6.07) is 5.55. The molecule has 17 heavy (non-hydrogen) atoms. The third kappa shape index (κ3) is 2.21. The lowest BCUT2D eigenvalue weighted by molar-refractivity contribution is 0.0474. The summed E-state index contributed by atoms with van der Waals surface area (Å²) in [4.78, 5) is 0. The highest BCUT2D eigenvalue weighted by molar-refractivity contribution is 7.91. The second-order valence-electron chi connectivity index (χ2n) is 4.65. The van der Waals surface area contributed by atoms with Crippen LogP contribution in [0.1, 0.15) is 24.8 Å². The van der Waals surface area contributed by atoms with Gasteiger partial charge >= 0.3 is 0 Å². The van der Waals surface area contributed by atoms with E-state index in [0.29, 0.717) is 24.8 Å². The molecule has 0 bridgehead atoms. The van der Waals surface area contributed by atoms with Crippen molar-refractivity contribution in [3.8, 4) is 0 Å². The first-order valence-corrected chi connectivity index (χ1v) is 7.47. The molecule has 1 N–H and O–H groups in total. The number of halogens is 1. The van der Waals surface area contributed by atoms with Crippen molar-refractivity contribution in [2.45, 2.75) is 30.1 Å². The Balaban J connectivity index is 2.48. The molecule has 2 rings (SSSR count). The van der Waals surface area contributed by atoms with Crippen molar-refractivity contribution in [1.82, 2.24) is 0 Å². The van der Waals surface area contributed by atoms with Crippen LogP contribution in [0.4, 0.5) is 4.39 Å². The van der Waals surface area contributed by atoms with Crippen LogP contribution in [0.25, 0.3) is 0 Å². The summed E-state index contributed by atoms with van der Waals surface area (Å²) in [6.07, 6.45) is 2.53. The van der Waals surface area contributed by atoms with Gasteiger partial charge in [-0.1, -0.05) is 12.1 Å². The molecule has 0 saturated heterocycles. The van der Waals surface area contributed by atoms with Gasteiger partial charge in [0.15, 0.2) is 9.84 Å². The lowest BCUT2D eigenvalue weighted by Crippen LogP contribution is -2.39. The third-order valence-electron chi connectivity index (χ3n) is 3.40. The van der Waals surface area contributed by atoms with E-state index in [0.717, 1.165) is 6.26 Å². The van der Waals surface area contributed by atoms with Crippen molar-refractivity contribution in [3.63, 3.8) is 0 Å². The molecule has 0 spiro atoms. The molecule has 0 amide bonds. The minimum Gasteiger partial charge on any atom is -0.384 e. The molecule has 5 heteroatoms. The van der Waals surface area contributed by atoms with Gasteiger partial charge in [-0.25, -0.2) is 12.8 Å². The largest absolute Gasteiger partial charge is 0.384 e. The van der Waals surface area contributed by atoms with Gasteiger partial charge in [0.2, 0.25) is 0 Å². The van der Waals surface area contributed by atoms with Crippen LogP contribution in [-0.4, -0.2) is 25.0 Å². The second-order valence-corrected chi connectivity index (χ2v) is 6.87. The smallest absolute Gasteiger partial charge is 0.153 e. The van der Waals surface area contributed by atoms with Gasteiger partial charge in [-0.05, 0) is 37.0 Å². The van der Waals surface area contributed by atoms with E-state index >= 15 is 0 Å². The van der Waals surface area contributed by atoms with E-state index in [9.17, 15) is 17.9 Å². The minimum atomic E-state index is -3.34. The van der Waals surface area contributed by atoms with Gasteiger partial charge in [-0.2, -0.15) is 0 Å². The van der Waals surface area contributed by atoms with Crippen molar-refractivity contribution >= 4 is 9.84 Å². The molecule has 0 radical (unpaired) electrons. The first-order chi connectivity index (χ1) is 7.84. The fourth-order valence-corrected chi connectivity index (χ4v) is 4.17. The summed E-state index contributed by atoms with van der Waals surface area (Å²) < 4.78 is 36.5. The predicted molar refractivity (Wildman–Crippen MR) is 62.8 cm³/mol. The van der Waals surface area contributed by atoms with Crippen molar-refractivity contribution in [3.05, 3.63) is 35.6 Å². The van der Waals surface area contributed by atoms with Crippen LogP contribution in [-0.2, 0) is 15.4 Å². The van der Waals surface area contributed by atoms with Gasteiger partial charge in [0, 0.05) is 6.26 Å². The third-order valence-corrected chi connectivity index (χ3v) is 5.06. The maximum atomic E-state index is 13.2. The molecule has 2 atom stereocenters. The summed E-state index contributed by atoms with van der Waals surface area (Å²) in [7, 11) is -3.34. The monoisotopic (exact) mass is 258 g/mol. The first kappa shape index (κ1) is 12.5. The van der Waals surface area contributed by atoms with E-state index in [1.807, 2.05) is 0 Å². The number of hydrogen-bond donors (Lipinski definition) is 1. The van der Waals surface area contributed by atoms with Crippen LogP contribution in [0.5, 0.6) is 0 Å². The Labute approximate surface area is 100 Å². The topological polar surface area (TPSA) is 54.4 Å². The average Bonchev–Trinajstić information content (AvgIpc) is 2.61. The van der Waals surface area contributed by atoms with E-state index in [1.54, 1.807) is 6.07 Å². The van der Waals surface area contributed by atoms with E-state index in [2.05, 4.69) is 0 Å². The number of benzene rings is 1. The van der Waals surface area contributed by atoms with E-state index in [1.165, 1.54) is 18.2 Å². The van der Waals surface area contributed by atoms with Crippen LogP contribution >= 0.6 is 0 Å². The fraction of sp³-hybridized carbons (Fsp3) is 0.500. The lowest BCUT2D eigenvalue weighted by atomic mass is 9.92. The number of sulfone groups is 1. The highest BCUT2D eigenvalue weighted by Crippen LogP contribution is 2.42. The van der Waals surface area contributed by atoms with Crippen molar-refractivity contribution < 1.29 is 17.9 Å². The zero-order chi connectivity index (χ0) is 12.7. The zero-order valence-corrected chi connectivity index (χ0v) is 10.4. The zero-order valence-electron chi connectivity index (χ0n) is 9.56. The van der Waals surface area contributed by atoms with Gasteiger partial charge < -0.3 is 5.11 Å². The molecule has 3 nitrogen and oxygen atoms in total. The minimum absolute atomic E-state index is 0.352. The highest BCUT2D eigenvalue weighted by Gasteiger charge is 2.48. The van der Waals surface area contributed by atoms with Gasteiger partial charge in [-0.15, -0.1) is 0 Å². The Morgan fingerprint density at radius 2 is 2.18 bits per heavy atom. The summed E-state index contributed by atoms with van der Waals surface area (Å²) in [5.41, 5.74) is -1.10. The molecule has 0 aliphatic heterocycles. The predicted octanol–water partition coefficient (Wildman–Crippen LogP) is 1.61. The molecular formula is C12H15FO3S. The quantitative estimate of drug-likeness (QED) is 0.876. The lowest BCUT2D eigenvalue weighted by Gasteiger charge is -2.29. The Kier molecular flexibility index (Phi) is 2.99. The summed E-state index contributed by atoms with van der Waals surface area (Å²) in [5.74, 6) is -0.463. The van der Waals surface area contributed by atoms with Gasteiger partial charge in [0.05, 0.1) is 5.25 Å². The Morgan fingerprint density at radius 1 is 1.47 bits per heavy atom. The van der Waals surface area contributed by atoms with Crippen LogP contribution in [0.3, 0.4) is 0 Å². The van der Waals surface area contributed by atoms with Crippen molar-refractivity contribution in [1.29, 1.82) is 0 Å². The van der Waals surface area contributed by atoms with Gasteiger partial charge in [-0.3, -0.25) is 0 Å². The van der Waals surface area contributed by atoms with Crippen LogP contribution < -0.4 is 0 Å². The molecule has 94 valence electrons. The molecule has 1 aliphatic carbocycles. The SMILES string of the molecule is CS(=O)(=O)C1CCCC1(O)c1cccc(F)c1. The highest BCUT2D eigenvalue weighted by atomic mass is 32.2. The Morgan fingerprint density at radius 3 is 2.76 bits per heavy atom. The number of aliphatic hydroxyl groups is 1. The molecule has 1 aromatic rings. The molecule has 1 fully saturated rings. The Bertz CT molecular complexity index is 526. The molecular weight excluding hydrogens is 243 g/mol. The molecule has 2 unspecified atom stereocenters. The second kappa shape index (κ2) is 4.07. The maximum Gasteiger partial charge on any atom is 0.153 e. The molecule has 1 aliphatic rings. The summed E-state index contributed by atoms with van der Waals surface area (Å²) >= 11 is 0. The van der Waals surface area contributed by atoms with E-state index in [4.69, 9.17) is 0 Å². The molecule has 1 aromatic carbocycles. The molecule has 1 saturated carbocycles. The van der Waals surface area contributed by atoms with Crippen LogP contribution in [0.2, 0.25) is 0 Å². The molecule has 0 aromatic heterocycles. The standard InChI is InChI=1S/C12H15FO3S/c1-17(15,16)11-6-3-7-12(11,14)9-4-2-5-10(13)8-9/h2,4-5,8,11,14H,3,6-7H2,1H3. The van der Waals surface area contributed by atoms with Gasteiger partial charge in [0.25, 0.3) is 0 Å². The van der Waals surface area contributed by atoms with Crippen LogP contribution in [0, 0.1) is 5.82 Å². The van der Waals surface area contributed by atoms with E-state index < -0.39 is 26.5 Å². The number of rotatable bonds is 2. The fourth-order valence-electron chi connectivity index (χ4n) is 2.61. The van der Waals surface area contributed by atoms with Crippen LogP contribution in [0.15, 0.2) is 24.3 Å². The normalized spacial score (nSPS) is 29.5.